The third kappa shape index (κ3) is 3.85. The lowest BCUT2D eigenvalue weighted by molar-refractivity contribution is -0.135. The summed E-state index contributed by atoms with van der Waals surface area (Å²) in [5.41, 5.74) is 1.94. The van der Waals surface area contributed by atoms with Crippen LogP contribution in [0.4, 0.5) is 0 Å². The van der Waals surface area contributed by atoms with Crippen molar-refractivity contribution in [3.8, 4) is 0 Å². The number of amides is 2. The highest BCUT2D eigenvalue weighted by Crippen LogP contribution is 2.34. The molecule has 0 unspecified atom stereocenters. The lowest BCUT2D eigenvalue weighted by Crippen LogP contribution is -2.43. The predicted molar refractivity (Wildman–Crippen MR) is 123 cm³/mol. The lowest BCUT2D eigenvalue weighted by Gasteiger charge is -2.33. The van der Waals surface area contributed by atoms with Gasteiger partial charge in [0.05, 0.1) is 4.91 Å². The van der Waals surface area contributed by atoms with Crippen LogP contribution in [0.3, 0.4) is 0 Å². The van der Waals surface area contributed by atoms with Crippen LogP contribution in [0.1, 0.15) is 38.7 Å². The number of thioether (sulfide) groups is 1. The van der Waals surface area contributed by atoms with E-state index in [1.807, 2.05) is 52.9 Å². The van der Waals surface area contributed by atoms with Crippen molar-refractivity contribution in [1.82, 2.24) is 14.4 Å². The highest BCUT2D eigenvalue weighted by molar-refractivity contribution is 8.26. The molecule has 2 saturated heterocycles. The van der Waals surface area contributed by atoms with E-state index in [-0.39, 0.29) is 11.8 Å². The molecule has 0 saturated carbocycles. The zero-order valence-corrected chi connectivity index (χ0v) is 18.4. The summed E-state index contributed by atoms with van der Waals surface area (Å²) in [6.07, 6.45) is 7.23. The second-order valence-electron chi connectivity index (χ2n) is 7.59. The molecular weight excluding hydrogens is 402 g/mol. The SMILES string of the molecule is CCN1C(=O)/C(=C/c2cn(CC(=O)N3CCCC[C@@H]3C)c3ccccc23)SC1=S. The first-order chi connectivity index (χ1) is 14.0. The molecule has 0 aliphatic carbocycles. The second-order valence-corrected chi connectivity index (χ2v) is 9.26. The number of rotatable bonds is 4. The Morgan fingerprint density at radius 3 is 2.83 bits per heavy atom. The van der Waals surface area contributed by atoms with Gasteiger partial charge in [-0.3, -0.25) is 14.5 Å². The van der Waals surface area contributed by atoms with Gasteiger partial charge < -0.3 is 9.47 Å². The molecule has 2 aliphatic rings. The minimum absolute atomic E-state index is 0.0439. The minimum atomic E-state index is -0.0439. The van der Waals surface area contributed by atoms with Gasteiger partial charge in [0.2, 0.25) is 5.91 Å². The van der Waals surface area contributed by atoms with Gasteiger partial charge in [-0.1, -0.05) is 42.2 Å². The fraction of sp³-hybridized carbons (Fsp3) is 0.409. The molecule has 0 bridgehead atoms. The summed E-state index contributed by atoms with van der Waals surface area (Å²) in [5.74, 6) is 0.111. The Balaban J connectivity index is 1.66. The third-order valence-electron chi connectivity index (χ3n) is 5.72. The Hall–Kier alpha value is -2.12. The number of fused-ring (bicyclic) bond motifs is 1. The Bertz CT molecular complexity index is 1010. The van der Waals surface area contributed by atoms with Gasteiger partial charge in [-0.25, -0.2) is 0 Å². The number of piperidine rings is 1. The van der Waals surface area contributed by atoms with Crippen molar-refractivity contribution < 1.29 is 9.59 Å². The Morgan fingerprint density at radius 1 is 1.31 bits per heavy atom. The Kier molecular flexibility index (Phi) is 5.79. The van der Waals surface area contributed by atoms with Crippen molar-refractivity contribution in [2.45, 2.75) is 45.7 Å². The van der Waals surface area contributed by atoms with E-state index < -0.39 is 0 Å². The van der Waals surface area contributed by atoms with Gasteiger partial charge in [0, 0.05) is 41.8 Å². The van der Waals surface area contributed by atoms with Gasteiger partial charge in [0.1, 0.15) is 10.9 Å². The third-order valence-corrected chi connectivity index (χ3v) is 7.10. The van der Waals surface area contributed by atoms with E-state index in [0.717, 1.165) is 35.9 Å². The maximum atomic E-state index is 13.0. The Morgan fingerprint density at radius 2 is 2.10 bits per heavy atom. The van der Waals surface area contributed by atoms with Crippen LogP contribution in [0.5, 0.6) is 0 Å². The molecule has 2 aliphatic heterocycles. The van der Waals surface area contributed by atoms with Crippen LogP contribution in [0, 0.1) is 0 Å². The van der Waals surface area contributed by atoms with Gasteiger partial charge >= 0.3 is 0 Å². The van der Waals surface area contributed by atoms with E-state index in [1.54, 1.807) is 4.90 Å². The normalized spacial score (nSPS) is 21.6. The molecule has 2 aromatic rings. The fourth-order valence-corrected chi connectivity index (χ4v) is 5.52. The van der Waals surface area contributed by atoms with Crippen LogP contribution in [0.15, 0.2) is 35.4 Å². The van der Waals surface area contributed by atoms with Crippen molar-refractivity contribution in [2.75, 3.05) is 13.1 Å². The molecule has 2 amide bonds. The average molecular weight is 428 g/mol. The van der Waals surface area contributed by atoms with Crippen LogP contribution >= 0.6 is 24.0 Å². The number of hydrogen-bond acceptors (Lipinski definition) is 4. The molecule has 3 heterocycles. The first-order valence-electron chi connectivity index (χ1n) is 10.1. The summed E-state index contributed by atoms with van der Waals surface area (Å²) in [5, 5.41) is 1.04. The van der Waals surface area contributed by atoms with Crippen LogP contribution < -0.4 is 0 Å². The Labute approximate surface area is 180 Å². The summed E-state index contributed by atoms with van der Waals surface area (Å²) < 4.78 is 2.60. The molecular formula is C22H25N3O2S2. The van der Waals surface area contributed by atoms with Crippen LogP contribution in [-0.4, -0.2) is 49.6 Å². The first kappa shape index (κ1) is 20.2. The van der Waals surface area contributed by atoms with Crippen LogP contribution in [0.25, 0.3) is 17.0 Å². The van der Waals surface area contributed by atoms with Crippen molar-refractivity contribution in [2.24, 2.45) is 0 Å². The van der Waals surface area contributed by atoms with E-state index in [9.17, 15) is 9.59 Å². The lowest BCUT2D eigenvalue weighted by atomic mass is 10.0. The second kappa shape index (κ2) is 8.32. The molecule has 5 nitrogen and oxygen atoms in total. The molecule has 152 valence electrons. The maximum absolute atomic E-state index is 13.0. The van der Waals surface area contributed by atoms with E-state index in [4.69, 9.17) is 12.2 Å². The zero-order valence-electron chi connectivity index (χ0n) is 16.8. The van der Waals surface area contributed by atoms with E-state index in [1.165, 1.54) is 18.2 Å². The molecule has 0 N–H and O–H groups in total. The summed E-state index contributed by atoms with van der Waals surface area (Å²) in [6.45, 7) is 5.78. The standard InChI is InChI=1S/C22H25N3O2S2/c1-3-24-21(27)19(29-22(24)28)12-16-13-23(18-10-5-4-9-17(16)18)14-20(26)25-11-7-6-8-15(25)2/h4-5,9-10,12-13,15H,3,6-8,11,14H2,1-2H3/b19-12-/t15-/m0/s1. The van der Waals surface area contributed by atoms with Gasteiger partial charge in [-0.05, 0) is 45.3 Å². The molecule has 1 aromatic heterocycles. The number of likely N-dealkylation sites (N-methyl/N-ethyl adjacent to an activating group) is 1. The van der Waals surface area contributed by atoms with Crippen molar-refractivity contribution in [3.63, 3.8) is 0 Å². The highest BCUT2D eigenvalue weighted by atomic mass is 32.2. The zero-order chi connectivity index (χ0) is 20.5. The largest absolute Gasteiger partial charge is 0.338 e. The molecule has 7 heteroatoms. The van der Waals surface area contributed by atoms with Crippen molar-refractivity contribution in [3.05, 3.63) is 40.9 Å². The minimum Gasteiger partial charge on any atom is -0.338 e. The molecule has 1 atom stereocenters. The summed E-state index contributed by atoms with van der Waals surface area (Å²) >= 11 is 6.66. The first-order valence-corrected chi connectivity index (χ1v) is 11.3. The number of carbonyl (C=O) groups excluding carboxylic acids is 2. The van der Waals surface area contributed by atoms with Gasteiger partial charge in [-0.15, -0.1) is 0 Å². The number of likely N-dealkylation sites (tertiary alicyclic amines) is 1. The molecule has 1 aromatic carbocycles. The summed E-state index contributed by atoms with van der Waals surface area (Å²) in [6, 6.07) is 8.32. The average Bonchev–Trinajstić information content (AvgIpc) is 3.19. The van der Waals surface area contributed by atoms with Gasteiger partial charge in [0.25, 0.3) is 5.91 Å². The number of thiocarbonyl (C=S) groups is 1. The van der Waals surface area contributed by atoms with Gasteiger partial charge in [0.15, 0.2) is 0 Å². The number of aromatic nitrogens is 1. The highest BCUT2D eigenvalue weighted by Gasteiger charge is 2.31. The fourth-order valence-electron chi connectivity index (χ4n) is 4.14. The van der Waals surface area contributed by atoms with E-state index in [2.05, 4.69) is 6.92 Å². The number of nitrogens with zero attached hydrogens (tertiary/aromatic N) is 3. The number of hydrogen-bond donors (Lipinski definition) is 0. The van der Waals surface area contributed by atoms with Gasteiger partial charge in [-0.2, -0.15) is 0 Å². The van der Waals surface area contributed by atoms with Crippen molar-refractivity contribution in [1.29, 1.82) is 0 Å². The summed E-state index contributed by atoms with van der Waals surface area (Å²) in [4.78, 5) is 29.8. The molecule has 0 radical (unpaired) electrons. The topological polar surface area (TPSA) is 45.6 Å². The quantitative estimate of drug-likeness (QED) is 0.540. The maximum Gasteiger partial charge on any atom is 0.266 e. The van der Waals surface area contributed by atoms with Crippen LogP contribution in [-0.2, 0) is 16.1 Å². The predicted octanol–water partition coefficient (Wildman–Crippen LogP) is 4.26. The summed E-state index contributed by atoms with van der Waals surface area (Å²) in [7, 11) is 0. The number of para-hydroxylation sites is 1. The number of benzene rings is 1. The molecule has 0 spiro atoms. The van der Waals surface area contributed by atoms with E-state index >= 15 is 0 Å². The van der Waals surface area contributed by atoms with Crippen molar-refractivity contribution >= 4 is 57.1 Å². The molecule has 29 heavy (non-hydrogen) atoms. The molecule has 4 rings (SSSR count). The molecule has 2 fully saturated rings. The number of carbonyl (C=O) groups is 2. The van der Waals surface area contributed by atoms with E-state index in [0.29, 0.717) is 28.4 Å². The van der Waals surface area contributed by atoms with Crippen LogP contribution in [0.2, 0.25) is 0 Å². The monoisotopic (exact) mass is 427 g/mol. The smallest absolute Gasteiger partial charge is 0.266 e.